The summed E-state index contributed by atoms with van der Waals surface area (Å²) in [6, 6.07) is 4.19. The van der Waals surface area contributed by atoms with Crippen LogP contribution in [0.5, 0.6) is 5.75 Å². The molecule has 0 aliphatic rings. The summed E-state index contributed by atoms with van der Waals surface area (Å²) in [4.78, 5) is 0. The third-order valence-electron chi connectivity index (χ3n) is 1.31. The summed E-state index contributed by atoms with van der Waals surface area (Å²) in [6.07, 6.45) is -4.70. The van der Waals surface area contributed by atoms with E-state index in [1.165, 1.54) is 12.1 Å². The summed E-state index contributed by atoms with van der Waals surface area (Å²) in [7, 11) is 0. The lowest BCUT2D eigenvalue weighted by Gasteiger charge is -2.10. The van der Waals surface area contributed by atoms with Gasteiger partial charge in [0.05, 0.1) is 5.02 Å². The Labute approximate surface area is 78.1 Å². The van der Waals surface area contributed by atoms with Crippen molar-refractivity contribution in [3.05, 3.63) is 28.8 Å². The molecule has 1 nitrogen and oxygen atoms in total. The van der Waals surface area contributed by atoms with Gasteiger partial charge in [-0.1, -0.05) is 17.7 Å². The maximum atomic E-state index is 11.8. The van der Waals surface area contributed by atoms with E-state index in [-0.39, 0.29) is 10.8 Å². The molecule has 5 heteroatoms. The fraction of sp³-hybridized carbons (Fsp3) is 0.250. The Morgan fingerprint density at radius 1 is 1.31 bits per heavy atom. The van der Waals surface area contributed by atoms with Gasteiger partial charge in [-0.05, 0) is 24.6 Å². The van der Waals surface area contributed by atoms with Crippen molar-refractivity contribution in [3.63, 3.8) is 0 Å². The van der Waals surface area contributed by atoms with E-state index < -0.39 is 6.36 Å². The molecule has 0 saturated carbocycles. The van der Waals surface area contributed by atoms with Gasteiger partial charge in [-0.15, -0.1) is 13.2 Å². The SMILES string of the molecule is Cc1ccc(Cl)c(OC(F)(F)F)c1. The first-order valence-electron chi connectivity index (χ1n) is 3.40. The summed E-state index contributed by atoms with van der Waals surface area (Å²) in [5, 5.41) is -0.0528. The first-order valence-corrected chi connectivity index (χ1v) is 3.78. The van der Waals surface area contributed by atoms with Crippen LogP contribution >= 0.6 is 11.6 Å². The summed E-state index contributed by atoms with van der Waals surface area (Å²) in [5.74, 6) is -0.367. The molecular weight excluding hydrogens is 205 g/mol. The monoisotopic (exact) mass is 210 g/mol. The molecule has 0 radical (unpaired) electrons. The third-order valence-corrected chi connectivity index (χ3v) is 1.62. The van der Waals surface area contributed by atoms with Crippen molar-refractivity contribution in [1.82, 2.24) is 0 Å². The van der Waals surface area contributed by atoms with Gasteiger partial charge < -0.3 is 4.74 Å². The number of ether oxygens (including phenoxy) is 1. The first kappa shape index (κ1) is 10.2. The van der Waals surface area contributed by atoms with Crippen LogP contribution < -0.4 is 4.74 Å². The Balaban J connectivity index is 2.94. The molecule has 0 spiro atoms. The van der Waals surface area contributed by atoms with Crippen LogP contribution in [0, 0.1) is 6.92 Å². The predicted molar refractivity (Wildman–Crippen MR) is 42.9 cm³/mol. The van der Waals surface area contributed by atoms with Crippen molar-refractivity contribution < 1.29 is 17.9 Å². The Hall–Kier alpha value is -0.900. The van der Waals surface area contributed by atoms with Crippen LogP contribution in [0.4, 0.5) is 13.2 Å². The topological polar surface area (TPSA) is 9.23 Å². The van der Waals surface area contributed by atoms with Crippen molar-refractivity contribution in [2.75, 3.05) is 0 Å². The zero-order chi connectivity index (χ0) is 10.1. The van der Waals surface area contributed by atoms with E-state index in [0.29, 0.717) is 5.56 Å². The van der Waals surface area contributed by atoms with E-state index in [4.69, 9.17) is 11.6 Å². The van der Waals surface area contributed by atoms with Crippen LogP contribution in [0.3, 0.4) is 0 Å². The van der Waals surface area contributed by atoms with Gasteiger partial charge in [-0.25, -0.2) is 0 Å². The molecule has 72 valence electrons. The van der Waals surface area contributed by atoms with Crippen LogP contribution in [0.1, 0.15) is 5.56 Å². The molecule has 0 fully saturated rings. The van der Waals surface area contributed by atoms with E-state index in [2.05, 4.69) is 4.74 Å². The summed E-state index contributed by atoms with van der Waals surface area (Å²) in [6.45, 7) is 1.65. The van der Waals surface area contributed by atoms with Crippen LogP contribution in [-0.4, -0.2) is 6.36 Å². The zero-order valence-electron chi connectivity index (χ0n) is 6.65. The Kier molecular flexibility index (Phi) is 2.71. The molecular formula is C8H6ClF3O. The molecule has 0 unspecified atom stereocenters. The molecule has 0 bridgehead atoms. The van der Waals surface area contributed by atoms with Crippen molar-refractivity contribution in [3.8, 4) is 5.75 Å². The lowest BCUT2D eigenvalue weighted by molar-refractivity contribution is -0.274. The van der Waals surface area contributed by atoms with Crippen molar-refractivity contribution >= 4 is 11.6 Å². The normalized spacial score (nSPS) is 11.5. The van der Waals surface area contributed by atoms with Gasteiger partial charge in [0.2, 0.25) is 0 Å². The van der Waals surface area contributed by atoms with Crippen LogP contribution in [0.25, 0.3) is 0 Å². The maximum Gasteiger partial charge on any atom is 0.573 e. The summed E-state index contributed by atoms with van der Waals surface area (Å²) in [5.41, 5.74) is 0.656. The standard InChI is InChI=1S/C8H6ClF3O/c1-5-2-3-6(9)7(4-5)13-8(10,11)12/h2-4H,1H3. The molecule has 1 aromatic rings. The van der Waals surface area contributed by atoms with Crippen LogP contribution in [0.2, 0.25) is 5.02 Å². The zero-order valence-corrected chi connectivity index (χ0v) is 7.41. The lowest BCUT2D eigenvalue weighted by Crippen LogP contribution is -2.17. The highest BCUT2D eigenvalue weighted by Crippen LogP contribution is 2.30. The Morgan fingerprint density at radius 2 is 1.92 bits per heavy atom. The van der Waals surface area contributed by atoms with Gasteiger partial charge in [0.1, 0.15) is 5.75 Å². The molecule has 1 aromatic carbocycles. The van der Waals surface area contributed by atoms with Gasteiger partial charge in [0.25, 0.3) is 0 Å². The molecule has 0 atom stereocenters. The molecule has 0 heterocycles. The van der Waals surface area contributed by atoms with Crippen molar-refractivity contribution in [2.45, 2.75) is 13.3 Å². The van der Waals surface area contributed by atoms with E-state index in [1.807, 2.05) is 0 Å². The molecule has 0 aromatic heterocycles. The van der Waals surface area contributed by atoms with Gasteiger partial charge in [0, 0.05) is 0 Å². The van der Waals surface area contributed by atoms with Gasteiger partial charge >= 0.3 is 6.36 Å². The Morgan fingerprint density at radius 3 is 2.46 bits per heavy atom. The van der Waals surface area contributed by atoms with Crippen LogP contribution in [-0.2, 0) is 0 Å². The molecule has 13 heavy (non-hydrogen) atoms. The maximum absolute atomic E-state index is 11.8. The van der Waals surface area contributed by atoms with Crippen molar-refractivity contribution in [1.29, 1.82) is 0 Å². The smallest absolute Gasteiger partial charge is 0.404 e. The molecule has 0 aliphatic carbocycles. The lowest BCUT2D eigenvalue weighted by atomic mass is 10.2. The second-order valence-electron chi connectivity index (χ2n) is 2.48. The minimum absolute atomic E-state index is 0.0528. The molecule has 1 rings (SSSR count). The van der Waals surface area contributed by atoms with Gasteiger partial charge in [0.15, 0.2) is 0 Å². The second kappa shape index (κ2) is 3.46. The highest BCUT2D eigenvalue weighted by molar-refractivity contribution is 6.32. The van der Waals surface area contributed by atoms with Gasteiger partial charge in [-0.2, -0.15) is 0 Å². The van der Waals surface area contributed by atoms with E-state index in [9.17, 15) is 13.2 Å². The number of rotatable bonds is 1. The minimum atomic E-state index is -4.70. The fourth-order valence-electron chi connectivity index (χ4n) is 0.813. The van der Waals surface area contributed by atoms with Crippen molar-refractivity contribution in [2.24, 2.45) is 0 Å². The highest BCUT2D eigenvalue weighted by atomic mass is 35.5. The average Bonchev–Trinajstić information content (AvgIpc) is 1.94. The van der Waals surface area contributed by atoms with Crippen LogP contribution in [0.15, 0.2) is 18.2 Å². The Bertz CT molecular complexity index is 309. The average molecular weight is 211 g/mol. The third kappa shape index (κ3) is 3.14. The largest absolute Gasteiger partial charge is 0.573 e. The van der Waals surface area contributed by atoms with E-state index in [0.717, 1.165) is 0 Å². The molecule has 0 amide bonds. The molecule has 0 N–H and O–H groups in total. The van der Waals surface area contributed by atoms with E-state index >= 15 is 0 Å². The number of aryl methyl sites for hydroxylation is 1. The minimum Gasteiger partial charge on any atom is -0.404 e. The molecule has 0 saturated heterocycles. The first-order chi connectivity index (χ1) is 5.88. The molecule has 0 aliphatic heterocycles. The highest BCUT2D eigenvalue weighted by Gasteiger charge is 2.31. The fourth-order valence-corrected chi connectivity index (χ4v) is 0.970. The number of hydrogen-bond acceptors (Lipinski definition) is 1. The number of halogens is 4. The summed E-state index contributed by atoms with van der Waals surface area (Å²) >= 11 is 5.48. The number of hydrogen-bond donors (Lipinski definition) is 0. The summed E-state index contributed by atoms with van der Waals surface area (Å²) < 4.78 is 39.0. The quantitative estimate of drug-likeness (QED) is 0.689. The predicted octanol–water partition coefficient (Wildman–Crippen LogP) is 3.55. The van der Waals surface area contributed by atoms with E-state index in [1.54, 1.807) is 13.0 Å². The van der Waals surface area contributed by atoms with Gasteiger partial charge in [-0.3, -0.25) is 0 Å². The number of benzene rings is 1. The second-order valence-corrected chi connectivity index (χ2v) is 2.89. The number of alkyl halides is 3.